The van der Waals surface area contributed by atoms with Crippen molar-refractivity contribution in [2.45, 2.75) is 38.6 Å². The molecule has 3 aromatic rings. The lowest BCUT2D eigenvalue weighted by Gasteiger charge is -2.24. The van der Waals surface area contributed by atoms with E-state index in [2.05, 4.69) is 35.1 Å². The topological polar surface area (TPSA) is 92.0 Å². The Morgan fingerprint density at radius 2 is 2.05 bits per heavy atom. The number of aryl methyl sites for hydroxylation is 1. The average Bonchev–Trinajstić information content (AvgIpc) is 3.73. The van der Waals surface area contributed by atoms with Crippen LogP contribution in [0.4, 0.5) is 4.39 Å². The van der Waals surface area contributed by atoms with Crippen LogP contribution in [0.3, 0.4) is 0 Å². The van der Waals surface area contributed by atoms with Crippen molar-refractivity contribution in [3.63, 3.8) is 0 Å². The molecule has 3 aliphatic rings. The Morgan fingerprint density at radius 1 is 1.22 bits per heavy atom. The Kier molecular flexibility index (Phi) is 7.25. The van der Waals surface area contributed by atoms with E-state index in [0.29, 0.717) is 29.3 Å². The number of benzene rings is 2. The Bertz CT molecular complexity index is 1680. The molecule has 0 radical (unpaired) electrons. The van der Waals surface area contributed by atoms with Crippen molar-refractivity contribution in [2.24, 2.45) is 22.6 Å². The van der Waals surface area contributed by atoms with Crippen molar-refractivity contribution in [1.82, 2.24) is 15.1 Å². The van der Waals surface area contributed by atoms with E-state index in [1.807, 2.05) is 54.1 Å². The van der Waals surface area contributed by atoms with Crippen molar-refractivity contribution in [1.29, 1.82) is 5.26 Å². The molecule has 2 atom stereocenters. The highest BCUT2D eigenvalue weighted by Gasteiger charge is 2.25. The maximum atomic E-state index is 15.3. The summed E-state index contributed by atoms with van der Waals surface area (Å²) < 4.78 is 17.1. The number of allylic oxidation sites excluding steroid dienone is 5. The van der Waals surface area contributed by atoms with Crippen LogP contribution in [-0.4, -0.2) is 22.2 Å². The fourth-order valence-corrected chi connectivity index (χ4v) is 5.60. The van der Waals surface area contributed by atoms with Crippen molar-refractivity contribution >= 4 is 17.1 Å². The minimum atomic E-state index is -0.274. The standard InChI is InChI=1S/C34H33FN6/c1-21(32-15-22(2)40-41(32)29-10-8-25-12-13-38-34(37)30(25)18-29)14-28-17-27(9-11-31(28)35)33(39-20-23-6-7-23)26-5-3-4-24(16-26)19-36/h3-5,9-13,15-18,23,25,33,39H,1,6-8,14,20H2,2H3,(H2,37,38). The van der Waals surface area contributed by atoms with Crippen LogP contribution in [0.2, 0.25) is 0 Å². The molecule has 2 heterocycles. The quantitative estimate of drug-likeness (QED) is 0.335. The highest BCUT2D eigenvalue weighted by Crippen LogP contribution is 2.33. The van der Waals surface area contributed by atoms with Gasteiger partial charge in [-0.2, -0.15) is 10.4 Å². The lowest BCUT2D eigenvalue weighted by atomic mass is 9.88. The van der Waals surface area contributed by atoms with Crippen molar-refractivity contribution in [2.75, 3.05) is 6.54 Å². The van der Waals surface area contributed by atoms with Gasteiger partial charge >= 0.3 is 0 Å². The van der Waals surface area contributed by atoms with Gasteiger partial charge in [-0.25, -0.2) is 14.1 Å². The van der Waals surface area contributed by atoms with Crippen molar-refractivity contribution < 1.29 is 4.39 Å². The summed E-state index contributed by atoms with van der Waals surface area (Å²) >= 11 is 0. The number of nitrogens with one attached hydrogen (secondary N) is 1. The third-order valence-electron chi connectivity index (χ3n) is 8.01. The lowest BCUT2D eigenvalue weighted by Crippen LogP contribution is -2.25. The number of nitrogens with two attached hydrogens (primary N) is 1. The summed E-state index contributed by atoms with van der Waals surface area (Å²) in [6.45, 7) is 7.19. The van der Waals surface area contributed by atoms with Crippen LogP contribution >= 0.6 is 0 Å². The average molecular weight is 545 g/mol. The number of aromatic nitrogens is 2. The van der Waals surface area contributed by atoms with Gasteiger partial charge in [0.25, 0.3) is 0 Å². The number of fused-ring (bicyclic) bond motifs is 1. The molecule has 2 unspecified atom stereocenters. The van der Waals surface area contributed by atoms with Gasteiger partial charge in [0, 0.05) is 24.1 Å². The second-order valence-electron chi connectivity index (χ2n) is 11.2. The third-order valence-corrected chi connectivity index (χ3v) is 8.01. The summed E-state index contributed by atoms with van der Waals surface area (Å²) in [5.74, 6) is 1.14. The molecule has 6 rings (SSSR count). The maximum Gasteiger partial charge on any atom is 0.127 e. The molecular weight excluding hydrogens is 511 g/mol. The molecule has 1 aliphatic heterocycles. The Hall–Kier alpha value is -4.54. The summed E-state index contributed by atoms with van der Waals surface area (Å²) in [6.07, 6.45) is 11.6. The van der Waals surface area contributed by atoms with Crippen LogP contribution in [-0.2, 0) is 6.42 Å². The van der Waals surface area contributed by atoms with E-state index in [-0.39, 0.29) is 17.8 Å². The predicted molar refractivity (Wildman–Crippen MR) is 161 cm³/mol. The van der Waals surface area contributed by atoms with Crippen molar-refractivity contribution in [3.05, 3.63) is 125 Å². The minimum absolute atomic E-state index is 0.145. The van der Waals surface area contributed by atoms with Crippen LogP contribution in [0, 0.1) is 35.9 Å². The van der Waals surface area contributed by atoms with Gasteiger partial charge in [0.15, 0.2) is 0 Å². The first-order chi connectivity index (χ1) is 19.9. The van der Waals surface area contributed by atoms with E-state index in [1.165, 1.54) is 18.9 Å². The SMILES string of the molecule is C=C(Cc1cc(C(NCC2CC2)c2cccc(C#N)c2)ccc1F)c1cc(C)nn1C1=CCC2C=CN=C(N)C2=C1. The summed E-state index contributed by atoms with van der Waals surface area (Å²) in [5, 5.41) is 17.9. The molecule has 6 nitrogen and oxygen atoms in total. The monoisotopic (exact) mass is 544 g/mol. The minimum Gasteiger partial charge on any atom is -0.383 e. The number of amidine groups is 1. The molecule has 0 saturated heterocycles. The second-order valence-corrected chi connectivity index (χ2v) is 11.2. The number of hydrogen-bond donors (Lipinski definition) is 2. The molecule has 7 heteroatoms. The summed E-state index contributed by atoms with van der Waals surface area (Å²) in [7, 11) is 0. The highest BCUT2D eigenvalue weighted by molar-refractivity contribution is 6.01. The first kappa shape index (κ1) is 26.7. The zero-order valence-corrected chi connectivity index (χ0v) is 23.1. The number of rotatable bonds is 9. The molecule has 3 N–H and O–H groups in total. The highest BCUT2D eigenvalue weighted by atomic mass is 19.1. The van der Waals surface area contributed by atoms with E-state index in [9.17, 15) is 5.26 Å². The normalized spacial score (nSPS) is 18.6. The van der Waals surface area contributed by atoms with Crippen molar-refractivity contribution in [3.8, 4) is 6.07 Å². The molecule has 1 saturated carbocycles. The zero-order valence-electron chi connectivity index (χ0n) is 23.1. The largest absolute Gasteiger partial charge is 0.383 e. The van der Waals surface area contributed by atoms with Crippen LogP contribution in [0.1, 0.15) is 58.9 Å². The Morgan fingerprint density at radius 3 is 2.85 bits per heavy atom. The summed E-state index contributed by atoms with van der Waals surface area (Å²) in [4.78, 5) is 4.26. The Balaban J connectivity index is 1.29. The third kappa shape index (κ3) is 5.70. The fourth-order valence-electron chi connectivity index (χ4n) is 5.60. The molecule has 1 fully saturated rings. The van der Waals surface area contributed by atoms with Gasteiger partial charge in [0.05, 0.1) is 34.8 Å². The first-order valence-electron chi connectivity index (χ1n) is 14.1. The van der Waals surface area contributed by atoms with Gasteiger partial charge in [0.2, 0.25) is 0 Å². The number of hydrogen-bond acceptors (Lipinski definition) is 5. The fraction of sp³-hybridized carbons (Fsp3) is 0.265. The van der Waals surface area contributed by atoms with Crippen LogP contribution < -0.4 is 11.1 Å². The van der Waals surface area contributed by atoms with Crippen LogP contribution in [0.15, 0.2) is 90.1 Å². The molecule has 2 aliphatic carbocycles. The lowest BCUT2D eigenvalue weighted by molar-refractivity contribution is 0.569. The van der Waals surface area contributed by atoms with Gasteiger partial charge in [-0.15, -0.1) is 0 Å². The number of nitriles is 1. The number of nitrogens with zero attached hydrogens (tertiary/aromatic N) is 4. The van der Waals surface area contributed by atoms with Crippen LogP contribution in [0.25, 0.3) is 11.3 Å². The second kappa shape index (κ2) is 11.1. The van der Waals surface area contributed by atoms with Gasteiger partial charge < -0.3 is 11.1 Å². The van der Waals surface area contributed by atoms with E-state index in [0.717, 1.165) is 52.3 Å². The molecule has 206 valence electrons. The van der Waals surface area contributed by atoms with E-state index >= 15 is 4.39 Å². The molecule has 41 heavy (non-hydrogen) atoms. The summed E-state index contributed by atoms with van der Waals surface area (Å²) in [5.41, 5.74) is 13.7. The number of halogens is 1. The molecule has 0 amide bonds. The molecule has 1 aromatic heterocycles. The van der Waals surface area contributed by atoms with Gasteiger partial charge in [-0.1, -0.05) is 43.0 Å². The first-order valence-corrected chi connectivity index (χ1v) is 14.1. The van der Waals surface area contributed by atoms with Gasteiger partial charge in [-0.05, 0) is 91.3 Å². The zero-order chi connectivity index (χ0) is 28.5. The van der Waals surface area contributed by atoms with Gasteiger partial charge in [-0.3, -0.25) is 0 Å². The number of aliphatic imine (C=N–C) groups is 1. The predicted octanol–water partition coefficient (Wildman–Crippen LogP) is 6.22. The molecular formula is C34H33FN6. The smallest absolute Gasteiger partial charge is 0.127 e. The molecule has 0 spiro atoms. The van der Waals surface area contributed by atoms with Crippen LogP contribution in [0.5, 0.6) is 0 Å². The van der Waals surface area contributed by atoms with E-state index in [1.54, 1.807) is 12.3 Å². The molecule has 0 bridgehead atoms. The maximum absolute atomic E-state index is 15.3. The summed E-state index contributed by atoms with van der Waals surface area (Å²) in [6, 6.07) is 17.0. The molecule has 2 aromatic carbocycles. The van der Waals surface area contributed by atoms with E-state index in [4.69, 9.17) is 10.8 Å². The van der Waals surface area contributed by atoms with Gasteiger partial charge in [0.1, 0.15) is 11.7 Å². The Labute approximate surface area is 240 Å². The van der Waals surface area contributed by atoms with E-state index < -0.39 is 0 Å².